The van der Waals surface area contributed by atoms with Crippen LogP contribution < -0.4 is 0 Å². The number of carbonyl (C=O) groups is 1. The van der Waals surface area contributed by atoms with E-state index in [4.69, 9.17) is 4.74 Å². The van der Waals surface area contributed by atoms with Gasteiger partial charge in [0.1, 0.15) is 0 Å². The highest BCUT2D eigenvalue weighted by molar-refractivity contribution is 9.12. The van der Waals surface area contributed by atoms with E-state index in [0.717, 1.165) is 7.57 Å². The number of hydrogen-bond donors (Lipinski definition) is 1. The molecule has 94 valence electrons. The summed E-state index contributed by atoms with van der Waals surface area (Å²) in [5.74, 6) is -0.0684. The largest absolute Gasteiger partial charge is 0.394 e. The minimum Gasteiger partial charge on any atom is -0.394 e. The first-order valence-electron chi connectivity index (χ1n) is 5.08. The Morgan fingerprint density at radius 3 is 3.00 bits per heavy atom. The molecule has 0 radical (unpaired) electrons. The molecule has 1 saturated heterocycles. The molecule has 0 aromatic carbocycles. The van der Waals surface area contributed by atoms with Crippen molar-refractivity contribution < 1.29 is 14.6 Å². The van der Waals surface area contributed by atoms with Crippen molar-refractivity contribution in [3.05, 3.63) is 19.2 Å². The van der Waals surface area contributed by atoms with Crippen LogP contribution in [0, 0.1) is 0 Å². The standard InChI is InChI=1S/C10H11Br2NO3S/c11-8-3-7(9(12)17-8)10(15)13-1-2-16-5-6(13)4-14/h3,6,14H,1-2,4-5H2. The van der Waals surface area contributed by atoms with Crippen LogP contribution in [0.15, 0.2) is 13.6 Å². The van der Waals surface area contributed by atoms with Crippen molar-refractivity contribution in [2.24, 2.45) is 0 Å². The van der Waals surface area contributed by atoms with Crippen molar-refractivity contribution in [1.29, 1.82) is 0 Å². The summed E-state index contributed by atoms with van der Waals surface area (Å²) < 4.78 is 6.96. The molecule has 1 unspecified atom stereocenters. The number of ether oxygens (including phenoxy) is 1. The molecule has 2 heterocycles. The topological polar surface area (TPSA) is 49.8 Å². The zero-order valence-corrected chi connectivity index (χ0v) is 12.8. The summed E-state index contributed by atoms with van der Waals surface area (Å²) in [5, 5.41) is 9.24. The van der Waals surface area contributed by atoms with E-state index < -0.39 is 0 Å². The molecule has 1 atom stereocenters. The number of nitrogens with zero attached hydrogens (tertiary/aromatic N) is 1. The van der Waals surface area contributed by atoms with Crippen molar-refractivity contribution in [1.82, 2.24) is 4.90 Å². The minimum absolute atomic E-state index is 0.0684. The van der Waals surface area contributed by atoms with E-state index in [1.807, 2.05) is 0 Å². The number of aliphatic hydroxyl groups is 1. The lowest BCUT2D eigenvalue weighted by Gasteiger charge is -2.34. The molecule has 0 aliphatic carbocycles. The Kier molecular flexibility index (Phi) is 4.59. The molecule has 0 saturated carbocycles. The maximum Gasteiger partial charge on any atom is 0.256 e. The fourth-order valence-electron chi connectivity index (χ4n) is 1.71. The summed E-state index contributed by atoms with van der Waals surface area (Å²) in [6.07, 6.45) is 0. The van der Waals surface area contributed by atoms with Gasteiger partial charge >= 0.3 is 0 Å². The Morgan fingerprint density at radius 1 is 1.65 bits per heavy atom. The molecule has 1 amide bonds. The van der Waals surface area contributed by atoms with Crippen LogP contribution in [0.5, 0.6) is 0 Å². The summed E-state index contributed by atoms with van der Waals surface area (Å²) >= 11 is 8.19. The quantitative estimate of drug-likeness (QED) is 0.849. The lowest BCUT2D eigenvalue weighted by molar-refractivity contribution is -0.0184. The molecule has 0 spiro atoms. The Labute approximate surface area is 120 Å². The molecule has 4 nitrogen and oxygen atoms in total. The van der Waals surface area contributed by atoms with Crippen LogP contribution in [0.1, 0.15) is 10.4 Å². The van der Waals surface area contributed by atoms with E-state index >= 15 is 0 Å². The van der Waals surface area contributed by atoms with Gasteiger partial charge in [-0.3, -0.25) is 4.79 Å². The van der Waals surface area contributed by atoms with Gasteiger partial charge in [-0.1, -0.05) is 0 Å². The van der Waals surface area contributed by atoms with Gasteiger partial charge in [-0.2, -0.15) is 0 Å². The van der Waals surface area contributed by atoms with E-state index in [1.54, 1.807) is 11.0 Å². The van der Waals surface area contributed by atoms with Crippen LogP contribution in [0.2, 0.25) is 0 Å². The van der Waals surface area contributed by atoms with E-state index in [9.17, 15) is 9.90 Å². The van der Waals surface area contributed by atoms with Gasteiger partial charge in [0.25, 0.3) is 5.91 Å². The number of halogens is 2. The molecule has 1 aliphatic heterocycles. The van der Waals surface area contributed by atoms with Gasteiger partial charge in [0.15, 0.2) is 0 Å². The van der Waals surface area contributed by atoms with Gasteiger partial charge in [0.2, 0.25) is 0 Å². The average Bonchev–Trinajstić information content (AvgIpc) is 2.67. The zero-order chi connectivity index (χ0) is 12.4. The number of morpholine rings is 1. The highest BCUT2D eigenvalue weighted by Gasteiger charge is 2.29. The third kappa shape index (κ3) is 2.90. The molecule has 17 heavy (non-hydrogen) atoms. The van der Waals surface area contributed by atoms with E-state index in [2.05, 4.69) is 31.9 Å². The third-order valence-electron chi connectivity index (χ3n) is 2.59. The number of thiophene rings is 1. The smallest absolute Gasteiger partial charge is 0.256 e. The number of hydrogen-bond acceptors (Lipinski definition) is 4. The fourth-order valence-corrected chi connectivity index (χ4v) is 4.49. The van der Waals surface area contributed by atoms with Crippen LogP contribution in [-0.2, 0) is 4.74 Å². The highest BCUT2D eigenvalue weighted by Crippen LogP contribution is 2.33. The number of amides is 1. The fraction of sp³-hybridized carbons (Fsp3) is 0.500. The molecule has 0 bridgehead atoms. The van der Waals surface area contributed by atoms with E-state index in [-0.39, 0.29) is 18.6 Å². The summed E-state index contributed by atoms with van der Waals surface area (Å²) in [6.45, 7) is 1.36. The summed E-state index contributed by atoms with van der Waals surface area (Å²) in [6, 6.07) is 1.54. The molecular weight excluding hydrogens is 374 g/mol. The van der Waals surface area contributed by atoms with Crippen LogP contribution in [0.4, 0.5) is 0 Å². The zero-order valence-electron chi connectivity index (χ0n) is 8.86. The first-order valence-corrected chi connectivity index (χ1v) is 7.48. The second-order valence-corrected chi connectivity index (χ2v) is 7.40. The van der Waals surface area contributed by atoms with Gasteiger partial charge in [0, 0.05) is 6.54 Å². The molecule has 1 aliphatic rings. The Balaban J connectivity index is 2.21. The molecule has 1 aromatic rings. The first-order chi connectivity index (χ1) is 8.13. The van der Waals surface area contributed by atoms with E-state index in [0.29, 0.717) is 25.3 Å². The number of rotatable bonds is 2. The van der Waals surface area contributed by atoms with Gasteiger partial charge in [-0.15, -0.1) is 11.3 Å². The van der Waals surface area contributed by atoms with Crippen LogP contribution in [-0.4, -0.2) is 48.3 Å². The third-order valence-corrected chi connectivity index (χ3v) is 4.93. The Bertz CT molecular complexity index is 424. The van der Waals surface area contributed by atoms with Gasteiger partial charge in [0.05, 0.1) is 39.0 Å². The van der Waals surface area contributed by atoms with Crippen LogP contribution >= 0.6 is 43.2 Å². The SMILES string of the molecule is O=C(c1cc(Br)sc1Br)N1CCOCC1CO. The van der Waals surface area contributed by atoms with E-state index in [1.165, 1.54) is 11.3 Å². The molecular formula is C10H11Br2NO3S. The lowest BCUT2D eigenvalue weighted by atomic mass is 10.2. The maximum absolute atomic E-state index is 12.3. The van der Waals surface area contributed by atoms with Gasteiger partial charge in [-0.05, 0) is 37.9 Å². The van der Waals surface area contributed by atoms with Gasteiger partial charge < -0.3 is 14.7 Å². The summed E-state index contributed by atoms with van der Waals surface area (Å²) in [7, 11) is 0. The first kappa shape index (κ1) is 13.5. The molecule has 1 N–H and O–H groups in total. The predicted molar refractivity (Wildman–Crippen MR) is 72.4 cm³/mol. The summed E-state index contributed by atoms with van der Waals surface area (Å²) in [5.41, 5.74) is 0.627. The lowest BCUT2D eigenvalue weighted by Crippen LogP contribution is -2.50. The Morgan fingerprint density at radius 2 is 2.41 bits per heavy atom. The normalized spacial score (nSPS) is 20.6. The molecule has 1 aromatic heterocycles. The number of carbonyl (C=O) groups excluding carboxylic acids is 1. The summed E-state index contributed by atoms with van der Waals surface area (Å²) in [4.78, 5) is 14.0. The minimum atomic E-state index is -0.248. The molecule has 7 heteroatoms. The number of aliphatic hydroxyl groups excluding tert-OH is 1. The van der Waals surface area contributed by atoms with Crippen LogP contribution in [0.25, 0.3) is 0 Å². The second-order valence-electron chi connectivity index (χ2n) is 3.65. The molecule has 2 rings (SSSR count). The monoisotopic (exact) mass is 383 g/mol. The van der Waals surface area contributed by atoms with Crippen molar-refractivity contribution in [3.63, 3.8) is 0 Å². The van der Waals surface area contributed by atoms with Crippen molar-refractivity contribution in [2.45, 2.75) is 6.04 Å². The highest BCUT2D eigenvalue weighted by atomic mass is 79.9. The maximum atomic E-state index is 12.3. The second kappa shape index (κ2) is 5.79. The molecule has 1 fully saturated rings. The van der Waals surface area contributed by atoms with Crippen LogP contribution in [0.3, 0.4) is 0 Å². The van der Waals surface area contributed by atoms with Gasteiger partial charge in [-0.25, -0.2) is 0 Å². The predicted octanol–water partition coefficient (Wildman–Crippen LogP) is 2.11. The average molecular weight is 385 g/mol. The van der Waals surface area contributed by atoms with Crippen molar-refractivity contribution in [3.8, 4) is 0 Å². The Hall–Kier alpha value is 0.0500. The van der Waals surface area contributed by atoms with Crippen molar-refractivity contribution >= 4 is 49.1 Å². The van der Waals surface area contributed by atoms with Crippen molar-refractivity contribution in [2.75, 3.05) is 26.4 Å².